The standard InChI is InChI=1S/C22H19NO3S/c1-3-25-22(24)21-17(16-9-5-7-11-19(16)26-21)13-27-20-12-14(2)15-8-4-6-10-18(15)23-20/h4-12H,3,13H2,1-2H3. The Balaban J connectivity index is 1.69. The lowest BCUT2D eigenvalue weighted by atomic mass is 10.1. The molecule has 2 aromatic heterocycles. The van der Waals surface area contributed by atoms with Crippen LogP contribution in [0.25, 0.3) is 21.9 Å². The first-order chi connectivity index (χ1) is 13.2. The molecule has 0 radical (unpaired) electrons. The zero-order chi connectivity index (χ0) is 18.8. The third-order valence-corrected chi connectivity index (χ3v) is 5.36. The van der Waals surface area contributed by atoms with Crippen molar-refractivity contribution in [1.82, 2.24) is 4.98 Å². The molecule has 0 aliphatic heterocycles. The van der Waals surface area contributed by atoms with Crippen LogP contribution >= 0.6 is 11.8 Å². The van der Waals surface area contributed by atoms with Crippen molar-refractivity contribution in [1.29, 1.82) is 0 Å². The van der Waals surface area contributed by atoms with Crippen LogP contribution in [0.2, 0.25) is 0 Å². The Bertz CT molecular complexity index is 1130. The summed E-state index contributed by atoms with van der Waals surface area (Å²) in [5.41, 5.74) is 3.70. The summed E-state index contributed by atoms with van der Waals surface area (Å²) in [6.45, 7) is 4.19. The number of fused-ring (bicyclic) bond motifs is 2. The molecule has 4 aromatic rings. The summed E-state index contributed by atoms with van der Waals surface area (Å²) in [5, 5.41) is 3.01. The SMILES string of the molecule is CCOC(=O)c1oc2ccccc2c1CSc1cc(C)c2ccccc2n1. The van der Waals surface area contributed by atoms with Gasteiger partial charge in [-0.3, -0.25) is 0 Å². The van der Waals surface area contributed by atoms with Gasteiger partial charge in [0.1, 0.15) is 5.58 Å². The number of ether oxygens (including phenoxy) is 1. The van der Waals surface area contributed by atoms with Gasteiger partial charge in [0.25, 0.3) is 0 Å². The molecule has 0 saturated carbocycles. The zero-order valence-corrected chi connectivity index (χ0v) is 16.0. The summed E-state index contributed by atoms with van der Waals surface area (Å²) >= 11 is 1.59. The van der Waals surface area contributed by atoms with E-state index in [1.54, 1.807) is 18.7 Å². The van der Waals surface area contributed by atoms with Gasteiger partial charge in [0.05, 0.1) is 17.1 Å². The molecule has 136 valence electrons. The normalized spacial score (nSPS) is 11.2. The van der Waals surface area contributed by atoms with E-state index in [2.05, 4.69) is 19.1 Å². The van der Waals surface area contributed by atoms with Crippen molar-refractivity contribution in [3.05, 3.63) is 71.5 Å². The van der Waals surface area contributed by atoms with Gasteiger partial charge in [0.15, 0.2) is 0 Å². The van der Waals surface area contributed by atoms with E-state index in [0.717, 1.165) is 26.9 Å². The smallest absolute Gasteiger partial charge is 0.374 e. The lowest BCUT2D eigenvalue weighted by Gasteiger charge is -2.07. The number of hydrogen-bond acceptors (Lipinski definition) is 5. The van der Waals surface area contributed by atoms with Gasteiger partial charge in [-0.25, -0.2) is 9.78 Å². The van der Waals surface area contributed by atoms with E-state index in [9.17, 15) is 4.79 Å². The Kier molecular flexibility index (Phi) is 4.86. The summed E-state index contributed by atoms with van der Waals surface area (Å²) in [6.07, 6.45) is 0. The predicted octanol–water partition coefficient (Wildman–Crippen LogP) is 5.76. The van der Waals surface area contributed by atoms with E-state index < -0.39 is 5.97 Å². The highest BCUT2D eigenvalue weighted by molar-refractivity contribution is 7.98. The van der Waals surface area contributed by atoms with Gasteiger partial charge in [-0.15, -0.1) is 11.8 Å². The third-order valence-electron chi connectivity index (χ3n) is 4.42. The average Bonchev–Trinajstić information content (AvgIpc) is 3.05. The fraction of sp³-hybridized carbons (Fsp3) is 0.182. The van der Waals surface area contributed by atoms with E-state index in [1.165, 1.54) is 5.56 Å². The minimum atomic E-state index is -0.424. The van der Waals surface area contributed by atoms with Crippen LogP contribution in [-0.2, 0) is 10.5 Å². The van der Waals surface area contributed by atoms with Crippen molar-refractivity contribution in [3.63, 3.8) is 0 Å². The highest BCUT2D eigenvalue weighted by atomic mass is 32.2. The number of thioether (sulfide) groups is 1. The number of esters is 1. The summed E-state index contributed by atoms with van der Waals surface area (Å²) in [6, 6.07) is 17.9. The molecular weight excluding hydrogens is 358 g/mol. The summed E-state index contributed by atoms with van der Waals surface area (Å²) in [5.74, 6) is 0.436. The van der Waals surface area contributed by atoms with Gasteiger partial charge >= 0.3 is 5.97 Å². The molecule has 0 bridgehead atoms. The van der Waals surface area contributed by atoms with Crippen molar-refractivity contribution in [2.45, 2.75) is 24.6 Å². The van der Waals surface area contributed by atoms with Gasteiger partial charge in [-0.1, -0.05) is 36.4 Å². The number of aromatic nitrogens is 1. The number of benzene rings is 2. The average molecular weight is 377 g/mol. The molecule has 0 spiro atoms. The minimum absolute atomic E-state index is 0.281. The van der Waals surface area contributed by atoms with Crippen LogP contribution in [0.3, 0.4) is 0 Å². The van der Waals surface area contributed by atoms with E-state index in [-0.39, 0.29) is 5.76 Å². The number of carbonyl (C=O) groups is 1. The fourth-order valence-electron chi connectivity index (χ4n) is 3.14. The van der Waals surface area contributed by atoms with Gasteiger partial charge in [0, 0.05) is 22.1 Å². The second kappa shape index (κ2) is 7.45. The molecule has 0 aliphatic rings. The lowest BCUT2D eigenvalue weighted by molar-refractivity contribution is 0.0491. The molecule has 2 aromatic carbocycles. The van der Waals surface area contributed by atoms with Crippen LogP contribution in [0.1, 0.15) is 28.6 Å². The maximum absolute atomic E-state index is 12.3. The first-order valence-corrected chi connectivity index (χ1v) is 9.82. The summed E-state index contributed by atoms with van der Waals surface area (Å²) in [4.78, 5) is 17.1. The molecule has 0 aliphatic carbocycles. The number of pyridine rings is 1. The molecule has 2 heterocycles. The molecule has 5 heteroatoms. The largest absolute Gasteiger partial charge is 0.460 e. The quantitative estimate of drug-likeness (QED) is 0.327. The number of rotatable bonds is 5. The number of aryl methyl sites for hydroxylation is 1. The monoisotopic (exact) mass is 377 g/mol. The Morgan fingerprint density at radius 3 is 2.67 bits per heavy atom. The molecular formula is C22H19NO3S. The Labute approximate surface area is 161 Å². The van der Waals surface area contributed by atoms with E-state index in [4.69, 9.17) is 14.1 Å². The van der Waals surface area contributed by atoms with Crippen molar-refractivity contribution in [3.8, 4) is 0 Å². The molecule has 0 atom stereocenters. The third kappa shape index (κ3) is 3.43. The second-order valence-electron chi connectivity index (χ2n) is 6.21. The zero-order valence-electron chi connectivity index (χ0n) is 15.2. The highest BCUT2D eigenvalue weighted by Gasteiger charge is 2.21. The molecule has 4 nitrogen and oxygen atoms in total. The van der Waals surface area contributed by atoms with Crippen molar-refractivity contribution < 1.29 is 13.9 Å². The Hall–Kier alpha value is -2.79. The van der Waals surface area contributed by atoms with Crippen LogP contribution in [0, 0.1) is 6.92 Å². The highest BCUT2D eigenvalue weighted by Crippen LogP contribution is 2.33. The predicted molar refractivity (Wildman–Crippen MR) is 108 cm³/mol. The van der Waals surface area contributed by atoms with Crippen molar-refractivity contribution >= 4 is 39.6 Å². The number of nitrogens with zero attached hydrogens (tertiary/aromatic N) is 1. The van der Waals surface area contributed by atoms with Crippen LogP contribution in [0.15, 0.2) is 64.0 Å². The van der Waals surface area contributed by atoms with Crippen molar-refractivity contribution in [2.24, 2.45) is 0 Å². The topological polar surface area (TPSA) is 52.3 Å². The number of hydrogen-bond donors (Lipinski definition) is 0. The lowest BCUT2D eigenvalue weighted by Crippen LogP contribution is -2.05. The first-order valence-electron chi connectivity index (χ1n) is 8.84. The molecule has 0 saturated heterocycles. The minimum Gasteiger partial charge on any atom is -0.460 e. The van der Waals surface area contributed by atoms with Crippen LogP contribution in [0.5, 0.6) is 0 Å². The van der Waals surface area contributed by atoms with E-state index in [0.29, 0.717) is 17.9 Å². The van der Waals surface area contributed by atoms with Gasteiger partial charge in [0.2, 0.25) is 5.76 Å². The van der Waals surface area contributed by atoms with Crippen LogP contribution in [0.4, 0.5) is 0 Å². The van der Waals surface area contributed by atoms with Crippen LogP contribution < -0.4 is 0 Å². The fourth-order valence-corrected chi connectivity index (χ4v) is 4.14. The maximum Gasteiger partial charge on any atom is 0.374 e. The Morgan fingerprint density at radius 1 is 1.11 bits per heavy atom. The molecule has 27 heavy (non-hydrogen) atoms. The summed E-state index contributed by atoms with van der Waals surface area (Å²) < 4.78 is 11.0. The first kappa shape index (κ1) is 17.6. The molecule has 0 amide bonds. The van der Waals surface area contributed by atoms with E-state index in [1.807, 2.05) is 42.5 Å². The summed E-state index contributed by atoms with van der Waals surface area (Å²) in [7, 11) is 0. The Morgan fingerprint density at radius 2 is 1.85 bits per heavy atom. The molecule has 0 N–H and O–H groups in total. The molecule has 4 rings (SSSR count). The van der Waals surface area contributed by atoms with Gasteiger partial charge in [-0.05, 0) is 37.6 Å². The maximum atomic E-state index is 12.3. The number of carbonyl (C=O) groups excluding carboxylic acids is 1. The second-order valence-corrected chi connectivity index (χ2v) is 7.21. The number of para-hydroxylation sites is 2. The van der Waals surface area contributed by atoms with Gasteiger partial charge in [-0.2, -0.15) is 0 Å². The van der Waals surface area contributed by atoms with Gasteiger partial charge < -0.3 is 9.15 Å². The van der Waals surface area contributed by atoms with Crippen LogP contribution in [-0.4, -0.2) is 17.6 Å². The van der Waals surface area contributed by atoms with E-state index >= 15 is 0 Å². The van der Waals surface area contributed by atoms with Crippen molar-refractivity contribution in [2.75, 3.05) is 6.61 Å². The number of furan rings is 1. The molecule has 0 unspecified atom stereocenters. The molecule has 0 fully saturated rings.